The van der Waals surface area contributed by atoms with Gasteiger partial charge in [-0.3, -0.25) is 4.79 Å². The molecule has 5 nitrogen and oxygen atoms in total. The fourth-order valence-corrected chi connectivity index (χ4v) is 2.76. The highest BCUT2D eigenvalue weighted by atomic mass is 35.5. The van der Waals surface area contributed by atoms with E-state index in [0.29, 0.717) is 22.9 Å². The lowest BCUT2D eigenvalue weighted by Gasteiger charge is -2.16. The van der Waals surface area contributed by atoms with Crippen molar-refractivity contribution in [3.63, 3.8) is 0 Å². The zero-order valence-corrected chi connectivity index (χ0v) is 12.4. The Kier molecular flexibility index (Phi) is 5.59. The van der Waals surface area contributed by atoms with Gasteiger partial charge < -0.3 is 15.7 Å². The normalized spacial score (nSPS) is 19.2. The number of halogens is 1. The molecule has 1 amide bonds. The van der Waals surface area contributed by atoms with E-state index in [4.69, 9.17) is 11.6 Å². The van der Waals surface area contributed by atoms with Crippen molar-refractivity contribution < 1.29 is 14.7 Å². The van der Waals surface area contributed by atoms with Crippen LogP contribution in [0.2, 0.25) is 5.02 Å². The highest BCUT2D eigenvalue weighted by Gasteiger charge is 2.24. The summed E-state index contributed by atoms with van der Waals surface area (Å²) in [5.74, 6) is -0.868. The van der Waals surface area contributed by atoms with Gasteiger partial charge in [-0.1, -0.05) is 29.8 Å². The van der Waals surface area contributed by atoms with E-state index in [0.717, 1.165) is 25.9 Å². The third kappa shape index (κ3) is 4.44. The molecule has 6 heteroatoms. The Morgan fingerprint density at radius 3 is 2.81 bits per heavy atom. The molecule has 3 N–H and O–H groups in total. The summed E-state index contributed by atoms with van der Waals surface area (Å²) in [4.78, 5) is 23.3. The van der Waals surface area contributed by atoms with Crippen LogP contribution in [0.5, 0.6) is 0 Å². The number of nitrogens with one attached hydrogen (secondary N) is 2. The second kappa shape index (κ2) is 7.43. The summed E-state index contributed by atoms with van der Waals surface area (Å²) in [6.07, 6.45) is 2.18. The molecular weight excluding hydrogens is 292 g/mol. The first kappa shape index (κ1) is 15.8. The molecule has 1 heterocycles. The van der Waals surface area contributed by atoms with Gasteiger partial charge in [-0.05, 0) is 37.9 Å². The van der Waals surface area contributed by atoms with Crippen LogP contribution >= 0.6 is 11.6 Å². The molecule has 0 aliphatic carbocycles. The molecule has 1 aliphatic heterocycles. The standard InChI is InChI=1S/C15H19ClN2O3/c16-12-4-2-1-3-11(12)14(15(20)21)18-13(19)6-5-10-7-8-17-9-10/h1-4,10,14,17H,5-9H2,(H,18,19)(H,20,21)/t10?,14-/m1/s1. The van der Waals surface area contributed by atoms with Crippen molar-refractivity contribution in [1.29, 1.82) is 0 Å². The van der Waals surface area contributed by atoms with Crippen LogP contribution in [0.15, 0.2) is 24.3 Å². The van der Waals surface area contributed by atoms with E-state index in [2.05, 4.69) is 10.6 Å². The molecule has 1 aromatic carbocycles. The minimum atomic E-state index is -1.11. The fraction of sp³-hybridized carbons (Fsp3) is 0.467. The van der Waals surface area contributed by atoms with Crippen molar-refractivity contribution in [2.45, 2.75) is 25.3 Å². The third-order valence-electron chi connectivity index (χ3n) is 3.71. The Morgan fingerprint density at radius 2 is 2.19 bits per heavy atom. The Bertz CT molecular complexity index is 515. The van der Waals surface area contributed by atoms with E-state index in [1.165, 1.54) is 0 Å². The summed E-state index contributed by atoms with van der Waals surface area (Å²) in [7, 11) is 0. The van der Waals surface area contributed by atoms with Gasteiger partial charge in [0.05, 0.1) is 0 Å². The SMILES string of the molecule is O=C(CCC1CCNC1)N[C@@H](C(=O)O)c1ccccc1Cl. The topological polar surface area (TPSA) is 78.4 Å². The number of rotatable bonds is 6. The van der Waals surface area contributed by atoms with Crippen molar-refractivity contribution in [2.75, 3.05) is 13.1 Å². The largest absolute Gasteiger partial charge is 0.479 e. The maximum atomic E-state index is 12.0. The van der Waals surface area contributed by atoms with E-state index in [9.17, 15) is 14.7 Å². The molecule has 1 saturated heterocycles. The van der Waals surface area contributed by atoms with Crippen molar-refractivity contribution in [3.05, 3.63) is 34.9 Å². The van der Waals surface area contributed by atoms with Crippen molar-refractivity contribution in [3.8, 4) is 0 Å². The predicted octanol–water partition coefficient (Wildman–Crippen LogP) is 1.97. The van der Waals surface area contributed by atoms with Crippen LogP contribution < -0.4 is 10.6 Å². The Morgan fingerprint density at radius 1 is 1.43 bits per heavy atom. The van der Waals surface area contributed by atoms with Crippen LogP contribution in [-0.4, -0.2) is 30.1 Å². The van der Waals surface area contributed by atoms with Crippen LogP contribution in [0.3, 0.4) is 0 Å². The zero-order chi connectivity index (χ0) is 15.2. The number of carbonyl (C=O) groups excluding carboxylic acids is 1. The summed E-state index contributed by atoms with van der Waals surface area (Å²) < 4.78 is 0. The molecule has 21 heavy (non-hydrogen) atoms. The van der Waals surface area contributed by atoms with Gasteiger partial charge in [-0.15, -0.1) is 0 Å². The number of benzene rings is 1. The maximum Gasteiger partial charge on any atom is 0.330 e. The minimum absolute atomic E-state index is 0.255. The van der Waals surface area contributed by atoms with Gasteiger partial charge in [0, 0.05) is 17.0 Å². The monoisotopic (exact) mass is 310 g/mol. The molecule has 2 rings (SSSR count). The number of aliphatic carboxylic acids is 1. The summed E-state index contributed by atoms with van der Waals surface area (Å²) in [6.45, 7) is 1.92. The first-order valence-electron chi connectivity index (χ1n) is 7.05. The molecule has 114 valence electrons. The van der Waals surface area contributed by atoms with Crippen LogP contribution in [0.25, 0.3) is 0 Å². The predicted molar refractivity (Wildman–Crippen MR) is 80.2 cm³/mol. The second-order valence-electron chi connectivity index (χ2n) is 5.26. The van der Waals surface area contributed by atoms with Crippen molar-refractivity contribution in [1.82, 2.24) is 10.6 Å². The van der Waals surface area contributed by atoms with E-state index >= 15 is 0 Å². The van der Waals surface area contributed by atoms with Crippen LogP contribution in [0.4, 0.5) is 0 Å². The average Bonchev–Trinajstić information content (AvgIpc) is 2.96. The van der Waals surface area contributed by atoms with Gasteiger partial charge in [-0.2, -0.15) is 0 Å². The van der Waals surface area contributed by atoms with Gasteiger partial charge in [0.25, 0.3) is 0 Å². The van der Waals surface area contributed by atoms with Gasteiger partial charge >= 0.3 is 5.97 Å². The molecule has 0 saturated carbocycles. The molecular formula is C15H19ClN2O3. The van der Waals surface area contributed by atoms with Gasteiger partial charge in [0.1, 0.15) is 0 Å². The summed E-state index contributed by atoms with van der Waals surface area (Å²) in [5, 5.41) is 15.4. The number of hydrogen-bond donors (Lipinski definition) is 3. The van der Waals surface area contributed by atoms with E-state index in [-0.39, 0.29) is 5.91 Å². The number of hydrogen-bond acceptors (Lipinski definition) is 3. The molecule has 0 bridgehead atoms. The van der Waals surface area contributed by atoms with Crippen molar-refractivity contribution in [2.24, 2.45) is 5.92 Å². The van der Waals surface area contributed by atoms with Gasteiger partial charge in [-0.25, -0.2) is 4.79 Å². The summed E-state index contributed by atoms with van der Waals surface area (Å²) in [5.41, 5.74) is 0.405. The van der Waals surface area contributed by atoms with Crippen LogP contribution in [-0.2, 0) is 9.59 Å². The molecule has 0 spiro atoms. The summed E-state index contributed by atoms with van der Waals surface area (Å²) >= 11 is 6.00. The Hall–Kier alpha value is -1.59. The first-order chi connectivity index (χ1) is 10.1. The highest BCUT2D eigenvalue weighted by Crippen LogP contribution is 2.23. The smallest absolute Gasteiger partial charge is 0.330 e. The van der Waals surface area contributed by atoms with Gasteiger partial charge in [0.2, 0.25) is 5.91 Å². The summed E-state index contributed by atoms with van der Waals surface area (Å²) in [6, 6.07) is 5.55. The second-order valence-corrected chi connectivity index (χ2v) is 5.66. The lowest BCUT2D eigenvalue weighted by Crippen LogP contribution is -2.34. The van der Waals surface area contributed by atoms with Crippen molar-refractivity contribution >= 4 is 23.5 Å². The maximum absolute atomic E-state index is 12.0. The van der Waals surface area contributed by atoms with E-state index in [1.807, 2.05) is 0 Å². The van der Waals surface area contributed by atoms with E-state index in [1.54, 1.807) is 24.3 Å². The van der Waals surface area contributed by atoms with Crippen LogP contribution in [0, 0.1) is 5.92 Å². The molecule has 0 radical (unpaired) electrons. The number of amides is 1. The molecule has 2 atom stereocenters. The number of carboxylic acid groups (broad SMARTS) is 1. The minimum Gasteiger partial charge on any atom is -0.479 e. The number of carbonyl (C=O) groups is 2. The Balaban J connectivity index is 1.94. The molecule has 1 aliphatic rings. The molecule has 0 aromatic heterocycles. The lowest BCUT2D eigenvalue weighted by atomic mass is 10.0. The number of carboxylic acids is 1. The molecule has 1 fully saturated rings. The average molecular weight is 311 g/mol. The van der Waals surface area contributed by atoms with Crippen LogP contribution in [0.1, 0.15) is 30.9 Å². The zero-order valence-electron chi connectivity index (χ0n) is 11.6. The fourth-order valence-electron chi connectivity index (χ4n) is 2.51. The first-order valence-corrected chi connectivity index (χ1v) is 7.43. The Labute approximate surface area is 128 Å². The molecule has 1 unspecified atom stereocenters. The van der Waals surface area contributed by atoms with Gasteiger partial charge in [0.15, 0.2) is 6.04 Å². The molecule has 1 aromatic rings. The lowest BCUT2D eigenvalue weighted by molar-refractivity contribution is -0.142. The third-order valence-corrected chi connectivity index (χ3v) is 4.05. The highest BCUT2D eigenvalue weighted by molar-refractivity contribution is 6.31. The quantitative estimate of drug-likeness (QED) is 0.750. The van der Waals surface area contributed by atoms with E-state index < -0.39 is 12.0 Å².